The number of rotatable bonds is 8. The molecule has 1 aromatic carbocycles. The molecule has 0 aromatic heterocycles. The highest BCUT2D eigenvalue weighted by Crippen LogP contribution is 2.25. The second kappa shape index (κ2) is 8.61. The molecule has 6 nitrogen and oxygen atoms in total. The molecule has 6 heteroatoms. The molecule has 1 N–H and O–H groups in total. The quantitative estimate of drug-likeness (QED) is 0.342. The van der Waals surface area contributed by atoms with Crippen LogP contribution in [0.5, 0.6) is 11.5 Å². The van der Waals surface area contributed by atoms with Gasteiger partial charge in [0.05, 0.1) is 0 Å². The molecule has 0 aliphatic heterocycles. The van der Waals surface area contributed by atoms with Crippen molar-refractivity contribution in [2.75, 3.05) is 6.61 Å². The van der Waals surface area contributed by atoms with Gasteiger partial charge in [-0.1, -0.05) is 18.7 Å². The smallest absolute Gasteiger partial charge is 0.333 e. The fourth-order valence-corrected chi connectivity index (χ4v) is 1.52. The molecule has 0 aliphatic rings. The maximum absolute atomic E-state index is 11.7. The SMILES string of the molecule is C=C(C)C(=O)OCC(C=O)CCC(=O)Oc1ccccc1O. The number of ether oxygens (including phenoxy) is 2. The Morgan fingerprint density at radius 2 is 2.05 bits per heavy atom. The number of para-hydroxylation sites is 2. The molecule has 22 heavy (non-hydrogen) atoms. The Hall–Kier alpha value is -2.63. The first-order valence-corrected chi connectivity index (χ1v) is 6.70. The van der Waals surface area contributed by atoms with E-state index in [1.807, 2.05) is 0 Å². The van der Waals surface area contributed by atoms with Gasteiger partial charge in [0.2, 0.25) is 0 Å². The number of hydrogen-bond acceptors (Lipinski definition) is 6. The van der Waals surface area contributed by atoms with Crippen LogP contribution >= 0.6 is 0 Å². The summed E-state index contributed by atoms with van der Waals surface area (Å²) < 4.78 is 9.84. The third kappa shape index (κ3) is 5.78. The van der Waals surface area contributed by atoms with Crippen molar-refractivity contribution in [2.24, 2.45) is 5.92 Å². The Morgan fingerprint density at radius 3 is 2.64 bits per heavy atom. The van der Waals surface area contributed by atoms with E-state index in [0.29, 0.717) is 6.29 Å². The van der Waals surface area contributed by atoms with Crippen LogP contribution in [0.4, 0.5) is 0 Å². The van der Waals surface area contributed by atoms with Crippen molar-refractivity contribution in [1.82, 2.24) is 0 Å². The van der Waals surface area contributed by atoms with Gasteiger partial charge >= 0.3 is 11.9 Å². The lowest BCUT2D eigenvalue weighted by Crippen LogP contribution is -2.18. The monoisotopic (exact) mass is 306 g/mol. The van der Waals surface area contributed by atoms with Crippen molar-refractivity contribution < 1.29 is 29.0 Å². The van der Waals surface area contributed by atoms with Crippen LogP contribution < -0.4 is 4.74 Å². The van der Waals surface area contributed by atoms with Crippen molar-refractivity contribution in [3.63, 3.8) is 0 Å². The van der Waals surface area contributed by atoms with Gasteiger partial charge in [-0.2, -0.15) is 0 Å². The standard InChI is InChI=1S/C16H18O6/c1-11(2)16(20)21-10-12(9-17)7-8-15(19)22-14-6-4-3-5-13(14)18/h3-6,9,12,18H,1,7-8,10H2,2H3. The first-order valence-electron chi connectivity index (χ1n) is 6.70. The molecule has 1 rings (SSSR count). The van der Waals surface area contributed by atoms with E-state index in [-0.39, 0.29) is 36.5 Å². The number of carbonyl (C=O) groups is 3. The second-order valence-electron chi connectivity index (χ2n) is 4.76. The summed E-state index contributed by atoms with van der Waals surface area (Å²) in [5, 5.41) is 9.48. The van der Waals surface area contributed by atoms with Gasteiger partial charge in [0.25, 0.3) is 0 Å². The van der Waals surface area contributed by atoms with Crippen molar-refractivity contribution in [3.8, 4) is 11.5 Å². The number of carbonyl (C=O) groups excluding carboxylic acids is 3. The summed E-state index contributed by atoms with van der Waals surface area (Å²) in [4.78, 5) is 33.8. The van der Waals surface area contributed by atoms with E-state index < -0.39 is 17.9 Å². The highest BCUT2D eigenvalue weighted by Gasteiger charge is 2.15. The highest BCUT2D eigenvalue weighted by molar-refractivity contribution is 5.87. The predicted molar refractivity (Wildman–Crippen MR) is 78.3 cm³/mol. The number of phenolic OH excluding ortho intramolecular Hbond substituents is 1. The van der Waals surface area contributed by atoms with Crippen LogP contribution in [-0.2, 0) is 19.1 Å². The Morgan fingerprint density at radius 1 is 1.36 bits per heavy atom. The summed E-state index contributed by atoms with van der Waals surface area (Å²) >= 11 is 0. The summed E-state index contributed by atoms with van der Waals surface area (Å²) in [5.41, 5.74) is 0.239. The number of aldehydes is 1. The predicted octanol–water partition coefficient (Wildman–Crippen LogP) is 2.01. The van der Waals surface area contributed by atoms with Gasteiger partial charge in [-0.25, -0.2) is 4.79 Å². The number of aromatic hydroxyl groups is 1. The van der Waals surface area contributed by atoms with E-state index >= 15 is 0 Å². The van der Waals surface area contributed by atoms with Crippen LogP contribution in [0.3, 0.4) is 0 Å². The Labute approximate surface area is 128 Å². The molecule has 0 bridgehead atoms. The molecule has 0 heterocycles. The van der Waals surface area contributed by atoms with E-state index in [9.17, 15) is 19.5 Å². The zero-order valence-corrected chi connectivity index (χ0v) is 12.3. The summed E-state index contributed by atoms with van der Waals surface area (Å²) in [6.45, 7) is 4.82. The lowest BCUT2D eigenvalue weighted by molar-refractivity contribution is -0.141. The second-order valence-corrected chi connectivity index (χ2v) is 4.76. The fraction of sp³-hybridized carbons (Fsp3) is 0.312. The molecule has 118 valence electrons. The third-order valence-electron chi connectivity index (χ3n) is 2.78. The summed E-state index contributed by atoms with van der Waals surface area (Å²) in [5.74, 6) is -1.84. The number of phenols is 1. The van der Waals surface area contributed by atoms with E-state index in [1.165, 1.54) is 19.1 Å². The summed E-state index contributed by atoms with van der Waals surface area (Å²) in [7, 11) is 0. The topological polar surface area (TPSA) is 89.9 Å². The molecule has 0 radical (unpaired) electrons. The largest absolute Gasteiger partial charge is 0.504 e. The van der Waals surface area contributed by atoms with Crippen molar-refractivity contribution in [2.45, 2.75) is 19.8 Å². The van der Waals surface area contributed by atoms with Crippen molar-refractivity contribution in [3.05, 3.63) is 36.4 Å². The van der Waals surface area contributed by atoms with Gasteiger partial charge in [0.15, 0.2) is 11.5 Å². The minimum Gasteiger partial charge on any atom is -0.504 e. The summed E-state index contributed by atoms with van der Waals surface area (Å²) in [6.07, 6.45) is 0.765. The molecular formula is C16H18O6. The molecular weight excluding hydrogens is 288 g/mol. The normalized spacial score (nSPS) is 11.3. The molecule has 1 atom stereocenters. The molecule has 0 fully saturated rings. The molecule has 0 saturated heterocycles. The Kier molecular flexibility index (Phi) is 6.82. The van der Waals surface area contributed by atoms with Crippen LogP contribution in [0.2, 0.25) is 0 Å². The zero-order chi connectivity index (χ0) is 16.5. The molecule has 0 amide bonds. The molecule has 0 spiro atoms. The van der Waals surface area contributed by atoms with Crippen LogP contribution in [0.25, 0.3) is 0 Å². The minimum absolute atomic E-state index is 0.0393. The number of hydrogen-bond donors (Lipinski definition) is 1. The Balaban J connectivity index is 2.41. The van der Waals surface area contributed by atoms with Gasteiger partial charge in [0, 0.05) is 17.9 Å². The molecule has 0 aliphatic carbocycles. The van der Waals surface area contributed by atoms with E-state index in [4.69, 9.17) is 9.47 Å². The minimum atomic E-state index is -0.597. The Bertz CT molecular complexity index is 564. The van der Waals surface area contributed by atoms with Gasteiger partial charge in [0.1, 0.15) is 12.9 Å². The van der Waals surface area contributed by atoms with Crippen molar-refractivity contribution >= 4 is 18.2 Å². The molecule has 1 aromatic rings. The van der Waals surface area contributed by atoms with Gasteiger partial charge in [-0.3, -0.25) is 4.79 Å². The first-order chi connectivity index (χ1) is 10.4. The van der Waals surface area contributed by atoms with Crippen LogP contribution in [0, 0.1) is 5.92 Å². The summed E-state index contributed by atoms with van der Waals surface area (Å²) in [6, 6.07) is 6.08. The van der Waals surface area contributed by atoms with Crippen molar-refractivity contribution in [1.29, 1.82) is 0 Å². The lowest BCUT2D eigenvalue weighted by atomic mass is 10.1. The molecule has 1 unspecified atom stereocenters. The van der Waals surface area contributed by atoms with E-state index in [2.05, 4.69) is 6.58 Å². The van der Waals surface area contributed by atoms with Crippen LogP contribution in [0.1, 0.15) is 19.8 Å². The maximum atomic E-state index is 11.7. The van der Waals surface area contributed by atoms with Gasteiger partial charge in [-0.15, -0.1) is 0 Å². The lowest BCUT2D eigenvalue weighted by Gasteiger charge is -2.11. The number of esters is 2. The van der Waals surface area contributed by atoms with Gasteiger partial charge in [-0.05, 0) is 25.5 Å². The first kappa shape index (κ1) is 17.4. The molecule has 0 saturated carbocycles. The number of benzene rings is 1. The highest BCUT2D eigenvalue weighted by atomic mass is 16.5. The van der Waals surface area contributed by atoms with Gasteiger partial charge < -0.3 is 19.4 Å². The average molecular weight is 306 g/mol. The maximum Gasteiger partial charge on any atom is 0.333 e. The van der Waals surface area contributed by atoms with Crippen LogP contribution in [-0.4, -0.2) is 29.9 Å². The van der Waals surface area contributed by atoms with E-state index in [1.54, 1.807) is 12.1 Å². The van der Waals surface area contributed by atoms with Crippen LogP contribution in [0.15, 0.2) is 36.4 Å². The zero-order valence-electron chi connectivity index (χ0n) is 12.3. The fourth-order valence-electron chi connectivity index (χ4n) is 1.52. The average Bonchev–Trinajstić information content (AvgIpc) is 2.49. The third-order valence-corrected chi connectivity index (χ3v) is 2.78. The van der Waals surface area contributed by atoms with E-state index in [0.717, 1.165) is 0 Å².